The fraction of sp³-hybridized carbons (Fsp3) is 0.211. The number of nitrogens with zero attached hydrogens (tertiary/aromatic N) is 2. The molecule has 0 aliphatic carbocycles. The standard InChI is InChI=1S/C19H19N3O2/c1-2-24-17(23)12-13-20-19-15-10-6-7-11-16(15)21-18(22-19)14-8-4-3-5-9-14/h3-11H,2,12-13H2,1H3,(H,20,21,22). The topological polar surface area (TPSA) is 64.1 Å². The number of ether oxygens (including phenoxy) is 1. The van der Waals surface area contributed by atoms with Crippen molar-refractivity contribution in [2.24, 2.45) is 0 Å². The Morgan fingerprint density at radius 3 is 2.58 bits per heavy atom. The van der Waals surface area contributed by atoms with Crippen molar-refractivity contribution in [3.8, 4) is 11.4 Å². The highest BCUT2D eigenvalue weighted by Crippen LogP contribution is 2.24. The molecular formula is C19H19N3O2. The first-order valence-corrected chi connectivity index (χ1v) is 7.99. The van der Waals surface area contributed by atoms with E-state index < -0.39 is 0 Å². The summed E-state index contributed by atoms with van der Waals surface area (Å²) in [6.07, 6.45) is 0.298. The minimum atomic E-state index is -0.216. The zero-order chi connectivity index (χ0) is 16.8. The number of rotatable bonds is 6. The van der Waals surface area contributed by atoms with Gasteiger partial charge in [0.15, 0.2) is 5.82 Å². The van der Waals surface area contributed by atoms with E-state index in [0.29, 0.717) is 25.4 Å². The van der Waals surface area contributed by atoms with Gasteiger partial charge in [-0.1, -0.05) is 42.5 Å². The monoisotopic (exact) mass is 321 g/mol. The smallest absolute Gasteiger partial charge is 0.307 e. The predicted molar refractivity (Wildman–Crippen MR) is 94.7 cm³/mol. The number of fused-ring (bicyclic) bond motifs is 1. The van der Waals surface area contributed by atoms with Gasteiger partial charge in [-0.15, -0.1) is 0 Å². The van der Waals surface area contributed by atoms with Crippen molar-refractivity contribution in [2.75, 3.05) is 18.5 Å². The first-order valence-electron chi connectivity index (χ1n) is 7.99. The average molecular weight is 321 g/mol. The highest BCUT2D eigenvalue weighted by molar-refractivity contribution is 5.90. The highest BCUT2D eigenvalue weighted by Gasteiger charge is 2.09. The molecule has 0 bridgehead atoms. The summed E-state index contributed by atoms with van der Waals surface area (Å²) in [4.78, 5) is 20.8. The van der Waals surface area contributed by atoms with Crippen LogP contribution in [0.3, 0.4) is 0 Å². The number of carbonyl (C=O) groups is 1. The van der Waals surface area contributed by atoms with Gasteiger partial charge in [0.25, 0.3) is 0 Å². The third kappa shape index (κ3) is 3.68. The SMILES string of the molecule is CCOC(=O)CCNc1nc(-c2ccccc2)nc2ccccc12. The lowest BCUT2D eigenvalue weighted by molar-refractivity contribution is -0.142. The van der Waals surface area contributed by atoms with Gasteiger partial charge in [0.05, 0.1) is 18.5 Å². The van der Waals surface area contributed by atoms with Gasteiger partial charge < -0.3 is 10.1 Å². The summed E-state index contributed by atoms with van der Waals surface area (Å²) in [5.41, 5.74) is 1.82. The lowest BCUT2D eigenvalue weighted by atomic mass is 10.2. The Morgan fingerprint density at radius 2 is 1.79 bits per heavy atom. The van der Waals surface area contributed by atoms with Crippen LogP contribution in [0.4, 0.5) is 5.82 Å². The maximum Gasteiger partial charge on any atom is 0.307 e. The van der Waals surface area contributed by atoms with Gasteiger partial charge in [-0.3, -0.25) is 4.79 Å². The Balaban J connectivity index is 1.89. The molecule has 0 spiro atoms. The van der Waals surface area contributed by atoms with E-state index in [0.717, 1.165) is 22.3 Å². The molecule has 0 fully saturated rings. The van der Waals surface area contributed by atoms with Crippen molar-refractivity contribution in [3.63, 3.8) is 0 Å². The molecule has 0 aliphatic heterocycles. The van der Waals surface area contributed by atoms with Crippen molar-refractivity contribution in [1.29, 1.82) is 0 Å². The second kappa shape index (κ2) is 7.55. The van der Waals surface area contributed by atoms with Gasteiger partial charge in [-0.2, -0.15) is 0 Å². The van der Waals surface area contributed by atoms with Crippen LogP contribution in [0.25, 0.3) is 22.3 Å². The van der Waals surface area contributed by atoms with Gasteiger partial charge in [0, 0.05) is 17.5 Å². The molecule has 0 aliphatic rings. The van der Waals surface area contributed by atoms with E-state index in [2.05, 4.69) is 15.3 Å². The molecule has 2 aromatic carbocycles. The van der Waals surface area contributed by atoms with Crippen molar-refractivity contribution in [2.45, 2.75) is 13.3 Å². The number of hydrogen-bond donors (Lipinski definition) is 1. The third-order valence-electron chi connectivity index (χ3n) is 3.56. The Morgan fingerprint density at radius 1 is 1.04 bits per heavy atom. The first kappa shape index (κ1) is 15.9. The van der Waals surface area contributed by atoms with E-state index in [9.17, 15) is 4.79 Å². The number of benzene rings is 2. The Labute approximate surface area is 140 Å². The summed E-state index contributed by atoms with van der Waals surface area (Å²) in [5.74, 6) is 1.17. The fourth-order valence-electron chi connectivity index (χ4n) is 2.44. The fourth-order valence-corrected chi connectivity index (χ4v) is 2.44. The summed E-state index contributed by atoms with van der Waals surface area (Å²) in [5, 5.41) is 4.17. The number of carbonyl (C=O) groups excluding carboxylic acids is 1. The van der Waals surface area contributed by atoms with Gasteiger partial charge in [-0.25, -0.2) is 9.97 Å². The van der Waals surface area contributed by atoms with Crippen LogP contribution in [0.1, 0.15) is 13.3 Å². The summed E-state index contributed by atoms with van der Waals surface area (Å²) in [7, 11) is 0. The zero-order valence-corrected chi connectivity index (χ0v) is 13.5. The van der Waals surface area contributed by atoms with Crippen LogP contribution < -0.4 is 5.32 Å². The number of aromatic nitrogens is 2. The van der Waals surface area contributed by atoms with E-state index in [-0.39, 0.29) is 5.97 Å². The maximum absolute atomic E-state index is 11.5. The largest absolute Gasteiger partial charge is 0.466 e. The number of hydrogen-bond acceptors (Lipinski definition) is 5. The minimum Gasteiger partial charge on any atom is -0.466 e. The van der Waals surface area contributed by atoms with Crippen LogP contribution in [-0.4, -0.2) is 29.1 Å². The zero-order valence-electron chi connectivity index (χ0n) is 13.5. The van der Waals surface area contributed by atoms with Gasteiger partial charge >= 0.3 is 5.97 Å². The van der Waals surface area contributed by atoms with Crippen LogP contribution >= 0.6 is 0 Å². The second-order valence-corrected chi connectivity index (χ2v) is 5.26. The predicted octanol–water partition coefficient (Wildman–Crippen LogP) is 3.66. The Hall–Kier alpha value is -2.95. The number of para-hydroxylation sites is 1. The van der Waals surface area contributed by atoms with E-state index in [1.54, 1.807) is 6.92 Å². The molecule has 1 aromatic heterocycles. The van der Waals surface area contributed by atoms with E-state index in [1.165, 1.54) is 0 Å². The molecule has 122 valence electrons. The van der Waals surface area contributed by atoms with Crippen molar-refractivity contribution >= 4 is 22.7 Å². The summed E-state index contributed by atoms with van der Waals surface area (Å²) in [6.45, 7) is 2.66. The lowest BCUT2D eigenvalue weighted by Crippen LogP contribution is -2.12. The molecule has 1 N–H and O–H groups in total. The number of nitrogens with one attached hydrogen (secondary N) is 1. The molecule has 5 heteroatoms. The van der Waals surface area contributed by atoms with Gasteiger partial charge in [-0.05, 0) is 19.1 Å². The Kier molecular flexibility index (Phi) is 5.01. The second-order valence-electron chi connectivity index (χ2n) is 5.26. The molecule has 0 saturated carbocycles. The van der Waals surface area contributed by atoms with Crippen molar-refractivity contribution in [3.05, 3.63) is 54.6 Å². The molecule has 0 unspecified atom stereocenters. The molecule has 1 heterocycles. The highest BCUT2D eigenvalue weighted by atomic mass is 16.5. The third-order valence-corrected chi connectivity index (χ3v) is 3.56. The molecule has 24 heavy (non-hydrogen) atoms. The molecule has 0 saturated heterocycles. The number of esters is 1. The van der Waals surface area contributed by atoms with Crippen LogP contribution in [0.2, 0.25) is 0 Å². The van der Waals surface area contributed by atoms with Crippen LogP contribution in [0, 0.1) is 0 Å². The molecule has 5 nitrogen and oxygen atoms in total. The van der Waals surface area contributed by atoms with E-state index >= 15 is 0 Å². The van der Waals surface area contributed by atoms with Gasteiger partial charge in [0.2, 0.25) is 0 Å². The first-order chi connectivity index (χ1) is 11.8. The quantitative estimate of drug-likeness (QED) is 0.702. The van der Waals surface area contributed by atoms with E-state index in [4.69, 9.17) is 4.74 Å². The van der Waals surface area contributed by atoms with Crippen molar-refractivity contribution in [1.82, 2.24) is 9.97 Å². The average Bonchev–Trinajstić information content (AvgIpc) is 2.62. The molecule has 0 amide bonds. The molecular weight excluding hydrogens is 302 g/mol. The van der Waals surface area contributed by atoms with Crippen LogP contribution in [0.5, 0.6) is 0 Å². The number of anilines is 1. The van der Waals surface area contributed by atoms with Crippen LogP contribution in [0.15, 0.2) is 54.6 Å². The molecule has 3 rings (SSSR count). The summed E-state index contributed by atoms with van der Waals surface area (Å²) in [6, 6.07) is 17.7. The molecule has 3 aromatic rings. The summed E-state index contributed by atoms with van der Waals surface area (Å²) >= 11 is 0. The molecule has 0 radical (unpaired) electrons. The van der Waals surface area contributed by atoms with Crippen LogP contribution in [-0.2, 0) is 9.53 Å². The molecule has 0 atom stereocenters. The summed E-state index contributed by atoms with van der Waals surface area (Å²) < 4.78 is 4.95. The normalized spacial score (nSPS) is 10.5. The minimum absolute atomic E-state index is 0.216. The van der Waals surface area contributed by atoms with E-state index in [1.807, 2.05) is 54.6 Å². The maximum atomic E-state index is 11.5. The lowest BCUT2D eigenvalue weighted by Gasteiger charge is -2.11. The Bertz CT molecular complexity index is 834. The van der Waals surface area contributed by atoms with Crippen molar-refractivity contribution < 1.29 is 9.53 Å². The van der Waals surface area contributed by atoms with Gasteiger partial charge in [0.1, 0.15) is 5.82 Å².